The minimum absolute atomic E-state index is 0.331. The Morgan fingerprint density at radius 1 is 1.37 bits per heavy atom. The van der Waals surface area contributed by atoms with Crippen LogP contribution in [0.1, 0.15) is 24.2 Å². The molecule has 4 nitrogen and oxygen atoms in total. The summed E-state index contributed by atoms with van der Waals surface area (Å²) in [5.41, 5.74) is 0.717. The highest BCUT2D eigenvalue weighted by molar-refractivity contribution is 5.76. The Morgan fingerprint density at radius 3 is 2.84 bits per heavy atom. The molecule has 0 aliphatic carbocycles. The number of carboxylic acid groups (broad SMARTS) is 1. The maximum atomic E-state index is 11.4. The van der Waals surface area contributed by atoms with Crippen molar-refractivity contribution in [3.8, 4) is 5.75 Å². The van der Waals surface area contributed by atoms with Crippen LogP contribution in [0.2, 0.25) is 0 Å². The highest BCUT2D eigenvalue weighted by Gasteiger charge is 2.22. The van der Waals surface area contributed by atoms with Crippen molar-refractivity contribution in [2.45, 2.75) is 19.3 Å². The van der Waals surface area contributed by atoms with Crippen LogP contribution in [0.5, 0.6) is 5.75 Å². The molecule has 0 radical (unpaired) electrons. The van der Waals surface area contributed by atoms with Gasteiger partial charge < -0.3 is 14.3 Å². The predicted octanol–water partition coefficient (Wildman–Crippen LogP) is 3.09. The molecule has 0 bridgehead atoms. The lowest BCUT2D eigenvalue weighted by Gasteiger charge is -2.13. The topological polar surface area (TPSA) is 59.7 Å². The summed E-state index contributed by atoms with van der Waals surface area (Å²) in [5.74, 6) is -0.156. The van der Waals surface area contributed by atoms with Crippen molar-refractivity contribution in [1.82, 2.24) is 0 Å². The predicted molar refractivity (Wildman–Crippen MR) is 70.4 cm³/mol. The largest absolute Gasteiger partial charge is 0.494 e. The lowest BCUT2D eigenvalue weighted by atomic mass is 9.94. The maximum absolute atomic E-state index is 11.4. The second-order valence-electron chi connectivity index (χ2n) is 4.18. The quantitative estimate of drug-likeness (QED) is 0.867. The fraction of sp³-hybridized carbons (Fsp3) is 0.267. The Balaban J connectivity index is 2.23. The van der Waals surface area contributed by atoms with Gasteiger partial charge in [0.05, 0.1) is 18.8 Å². The Hall–Kier alpha value is -2.23. The number of hydrogen-bond acceptors (Lipinski definition) is 3. The van der Waals surface area contributed by atoms with E-state index in [9.17, 15) is 9.90 Å². The molecule has 0 aliphatic rings. The van der Waals surface area contributed by atoms with E-state index in [1.807, 2.05) is 13.0 Å². The molecule has 1 aromatic heterocycles. The summed E-state index contributed by atoms with van der Waals surface area (Å²) < 4.78 is 10.6. The van der Waals surface area contributed by atoms with Gasteiger partial charge in [-0.1, -0.05) is 12.1 Å². The number of hydrogen-bond donors (Lipinski definition) is 1. The SMILES string of the molecule is CCOc1cccc(C(Cc2ccco2)C(=O)O)c1. The molecular weight excluding hydrogens is 244 g/mol. The minimum Gasteiger partial charge on any atom is -0.494 e. The molecule has 1 unspecified atom stereocenters. The van der Waals surface area contributed by atoms with Crippen molar-refractivity contribution in [3.63, 3.8) is 0 Å². The lowest BCUT2D eigenvalue weighted by Crippen LogP contribution is -2.14. The summed E-state index contributed by atoms with van der Waals surface area (Å²) in [6.07, 6.45) is 1.88. The number of benzene rings is 1. The van der Waals surface area contributed by atoms with Crippen molar-refractivity contribution in [2.75, 3.05) is 6.61 Å². The van der Waals surface area contributed by atoms with Crippen LogP contribution in [-0.2, 0) is 11.2 Å². The molecule has 2 rings (SSSR count). The zero-order valence-electron chi connectivity index (χ0n) is 10.7. The van der Waals surface area contributed by atoms with Gasteiger partial charge in [-0.15, -0.1) is 0 Å². The van der Waals surface area contributed by atoms with Gasteiger partial charge in [0.15, 0.2) is 0 Å². The number of carboxylic acids is 1. The highest BCUT2D eigenvalue weighted by atomic mass is 16.5. The van der Waals surface area contributed by atoms with E-state index in [1.54, 1.807) is 36.6 Å². The van der Waals surface area contributed by atoms with Crippen LogP contribution in [0.25, 0.3) is 0 Å². The van der Waals surface area contributed by atoms with Crippen LogP contribution in [0.15, 0.2) is 47.1 Å². The Morgan fingerprint density at radius 2 is 2.21 bits per heavy atom. The van der Waals surface area contributed by atoms with E-state index in [0.29, 0.717) is 24.5 Å². The van der Waals surface area contributed by atoms with E-state index in [0.717, 1.165) is 5.56 Å². The zero-order chi connectivity index (χ0) is 13.7. The second-order valence-corrected chi connectivity index (χ2v) is 4.18. The summed E-state index contributed by atoms with van der Waals surface area (Å²) in [6.45, 7) is 2.45. The Bertz CT molecular complexity index is 531. The summed E-state index contributed by atoms with van der Waals surface area (Å²) in [5, 5.41) is 9.36. The molecule has 1 N–H and O–H groups in total. The zero-order valence-corrected chi connectivity index (χ0v) is 10.7. The molecule has 0 amide bonds. The van der Waals surface area contributed by atoms with Gasteiger partial charge in [-0.2, -0.15) is 0 Å². The van der Waals surface area contributed by atoms with Crippen LogP contribution in [0.4, 0.5) is 0 Å². The van der Waals surface area contributed by atoms with Gasteiger partial charge in [0.1, 0.15) is 11.5 Å². The van der Waals surface area contributed by atoms with Crippen molar-refractivity contribution in [1.29, 1.82) is 0 Å². The summed E-state index contributed by atoms with van der Waals surface area (Å²) in [7, 11) is 0. The minimum atomic E-state index is -0.870. The van der Waals surface area contributed by atoms with Gasteiger partial charge >= 0.3 is 5.97 Å². The third kappa shape index (κ3) is 3.37. The van der Waals surface area contributed by atoms with Gasteiger partial charge in [-0.25, -0.2) is 0 Å². The fourth-order valence-corrected chi connectivity index (χ4v) is 1.97. The van der Waals surface area contributed by atoms with E-state index < -0.39 is 11.9 Å². The first-order valence-corrected chi connectivity index (χ1v) is 6.18. The van der Waals surface area contributed by atoms with E-state index in [2.05, 4.69) is 0 Å². The third-order valence-corrected chi connectivity index (χ3v) is 2.85. The fourth-order valence-electron chi connectivity index (χ4n) is 1.97. The molecule has 0 fully saturated rings. The first kappa shape index (κ1) is 13.2. The third-order valence-electron chi connectivity index (χ3n) is 2.85. The molecular formula is C15H16O4. The molecule has 0 aliphatic heterocycles. The highest BCUT2D eigenvalue weighted by Crippen LogP contribution is 2.25. The van der Waals surface area contributed by atoms with Gasteiger partial charge in [-0.05, 0) is 36.8 Å². The number of carbonyl (C=O) groups is 1. The first-order chi connectivity index (χ1) is 9.20. The molecule has 1 heterocycles. The van der Waals surface area contributed by atoms with Crippen LogP contribution >= 0.6 is 0 Å². The van der Waals surface area contributed by atoms with Crippen molar-refractivity contribution in [2.24, 2.45) is 0 Å². The standard InChI is InChI=1S/C15H16O4/c1-2-18-12-6-3-5-11(9-12)14(15(16)17)10-13-7-4-8-19-13/h3-9,14H,2,10H2,1H3,(H,16,17). The molecule has 0 spiro atoms. The molecule has 0 saturated heterocycles. The second kappa shape index (κ2) is 6.09. The molecule has 1 atom stereocenters. The average molecular weight is 260 g/mol. The van der Waals surface area contributed by atoms with Crippen molar-refractivity contribution < 1.29 is 19.1 Å². The number of aliphatic carboxylic acids is 1. The van der Waals surface area contributed by atoms with Gasteiger partial charge in [0, 0.05) is 6.42 Å². The maximum Gasteiger partial charge on any atom is 0.311 e. The summed E-state index contributed by atoms with van der Waals surface area (Å²) in [4.78, 5) is 11.4. The molecule has 100 valence electrons. The average Bonchev–Trinajstić information content (AvgIpc) is 2.89. The molecule has 19 heavy (non-hydrogen) atoms. The van der Waals surface area contributed by atoms with Crippen molar-refractivity contribution >= 4 is 5.97 Å². The van der Waals surface area contributed by atoms with E-state index >= 15 is 0 Å². The molecule has 4 heteroatoms. The smallest absolute Gasteiger partial charge is 0.311 e. The molecule has 0 saturated carbocycles. The summed E-state index contributed by atoms with van der Waals surface area (Å²) in [6, 6.07) is 10.7. The van der Waals surface area contributed by atoms with E-state index in [4.69, 9.17) is 9.15 Å². The normalized spacial score (nSPS) is 12.1. The van der Waals surface area contributed by atoms with Gasteiger partial charge in [-0.3, -0.25) is 4.79 Å². The Labute approximate surface area is 111 Å². The van der Waals surface area contributed by atoms with Gasteiger partial charge in [0.25, 0.3) is 0 Å². The lowest BCUT2D eigenvalue weighted by molar-refractivity contribution is -0.138. The van der Waals surface area contributed by atoms with E-state index in [-0.39, 0.29) is 0 Å². The van der Waals surface area contributed by atoms with Crippen LogP contribution in [0.3, 0.4) is 0 Å². The summed E-state index contributed by atoms with van der Waals surface area (Å²) >= 11 is 0. The Kier molecular flexibility index (Phi) is 4.23. The number of rotatable bonds is 6. The molecule has 1 aromatic carbocycles. The van der Waals surface area contributed by atoms with Crippen LogP contribution in [-0.4, -0.2) is 17.7 Å². The first-order valence-electron chi connectivity index (χ1n) is 6.18. The van der Waals surface area contributed by atoms with E-state index in [1.165, 1.54) is 0 Å². The number of furan rings is 1. The van der Waals surface area contributed by atoms with Crippen LogP contribution < -0.4 is 4.74 Å². The van der Waals surface area contributed by atoms with Crippen molar-refractivity contribution in [3.05, 3.63) is 54.0 Å². The monoisotopic (exact) mass is 260 g/mol. The van der Waals surface area contributed by atoms with Crippen LogP contribution in [0, 0.1) is 0 Å². The van der Waals surface area contributed by atoms with Gasteiger partial charge in [0.2, 0.25) is 0 Å². The number of ether oxygens (including phenoxy) is 1. The molecule has 2 aromatic rings.